The molecule has 0 aliphatic carbocycles. The van der Waals surface area contributed by atoms with Crippen LogP contribution in [0.5, 0.6) is 0 Å². The quantitative estimate of drug-likeness (QED) is 0.830. The third kappa shape index (κ3) is 2.93. The van der Waals surface area contributed by atoms with Crippen molar-refractivity contribution >= 4 is 11.6 Å². The summed E-state index contributed by atoms with van der Waals surface area (Å²) in [6.07, 6.45) is -2.98. The van der Waals surface area contributed by atoms with Gasteiger partial charge >= 0.3 is 0 Å². The molecule has 1 N–H and O–H groups in total. The molecule has 0 amide bonds. The number of halogens is 3. The average Bonchev–Trinajstić information content (AvgIpc) is 2.01. The summed E-state index contributed by atoms with van der Waals surface area (Å²) in [5.41, 5.74) is 0.345. The second-order valence-corrected chi connectivity index (χ2v) is 3.63. The summed E-state index contributed by atoms with van der Waals surface area (Å²) in [6, 6.07) is 4.19. The van der Waals surface area contributed by atoms with E-state index in [4.69, 9.17) is 16.7 Å². The van der Waals surface area contributed by atoms with Crippen molar-refractivity contribution in [2.75, 3.05) is 0 Å². The number of hydrogen-bond donors (Lipinski definition) is 1. The van der Waals surface area contributed by atoms with E-state index in [9.17, 15) is 8.78 Å². The van der Waals surface area contributed by atoms with Crippen molar-refractivity contribution in [2.24, 2.45) is 0 Å². The van der Waals surface area contributed by atoms with Crippen molar-refractivity contribution in [3.05, 3.63) is 34.3 Å². The first-order chi connectivity index (χ1) is 6.50. The first-order valence-electron chi connectivity index (χ1n) is 4.25. The van der Waals surface area contributed by atoms with Crippen LogP contribution >= 0.6 is 11.6 Å². The highest BCUT2D eigenvalue weighted by Crippen LogP contribution is 2.26. The molecule has 1 nitrogen and oxygen atoms in total. The molecule has 1 aromatic carbocycles. The second kappa shape index (κ2) is 4.71. The first-order valence-corrected chi connectivity index (χ1v) is 4.63. The van der Waals surface area contributed by atoms with Crippen LogP contribution in [0.3, 0.4) is 0 Å². The molecule has 78 valence electrons. The normalized spacial score (nSPS) is 13.3. The maximum Gasteiger partial charge on any atom is 0.264 e. The molecule has 1 unspecified atom stereocenters. The Labute approximate surface area is 86.3 Å². The number of rotatable bonds is 3. The molecule has 0 spiro atoms. The Kier molecular flexibility index (Phi) is 3.84. The highest BCUT2D eigenvalue weighted by Gasteiger charge is 2.14. The molecule has 1 atom stereocenters. The van der Waals surface area contributed by atoms with Gasteiger partial charge < -0.3 is 5.11 Å². The van der Waals surface area contributed by atoms with Crippen molar-refractivity contribution in [3.8, 4) is 0 Å². The molecule has 0 aromatic heterocycles. The first kappa shape index (κ1) is 11.4. The van der Waals surface area contributed by atoms with Crippen LogP contribution in [0.15, 0.2) is 18.2 Å². The minimum Gasteiger partial charge on any atom is -0.393 e. The van der Waals surface area contributed by atoms with E-state index in [1.807, 2.05) is 0 Å². The fraction of sp³-hybridized carbons (Fsp3) is 0.400. The van der Waals surface area contributed by atoms with Crippen molar-refractivity contribution in [3.63, 3.8) is 0 Å². The number of aliphatic hydroxyl groups is 1. The van der Waals surface area contributed by atoms with E-state index in [2.05, 4.69) is 0 Å². The SMILES string of the molecule is CC(O)Cc1cc(Cl)ccc1C(F)F. The van der Waals surface area contributed by atoms with E-state index < -0.39 is 12.5 Å². The smallest absolute Gasteiger partial charge is 0.264 e. The van der Waals surface area contributed by atoms with Crippen LogP contribution in [-0.2, 0) is 6.42 Å². The Morgan fingerprint density at radius 2 is 2.07 bits per heavy atom. The third-order valence-electron chi connectivity index (χ3n) is 1.86. The van der Waals surface area contributed by atoms with Crippen LogP contribution in [0, 0.1) is 0 Å². The second-order valence-electron chi connectivity index (χ2n) is 3.20. The van der Waals surface area contributed by atoms with E-state index >= 15 is 0 Å². The van der Waals surface area contributed by atoms with Crippen molar-refractivity contribution in [1.82, 2.24) is 0 Å². The van der Waals surface area contributed by atoms with Gasteiger partial charge in [0.2, 0.25) is 0 Å². The summed E-state index contributed by atoms with van der Waals surface area (Å²) in [6.45, 7) is 1.55. The summed E-state index contributed by atoms with van der Waals surface area (Å²) in [4.78, 5) is 0. The molecule has 0 saturated heterocycles. The van der Waals surface area contributed by atoms with Crippen LogP contribution in [0.4, 0.5) is 8.78 Å². The molecular weight excluding hydrogens is 210 g/mol. The predicted octanol–water partition coefficient (Wildman–Crippen LogP) is 3.20. The molecule has 0 radical (unpaired) electrons. The molecule has 4 heteroatoms. The highest BCUT2D eigenvalue weighted by molar-refractivity contribution is 6.30. The number of benzene rings is 1. The molecule has 0 fully saturated rings. The zero-order chi connectivity index (χ0) is 10.7. The molecule has 1 aromatic rings. The van der Waals surface area contributed by atoms with Gasteiger partial charge in [-0.25, -0.2) is 8.78 Å². The Hall–Kier alpha value is -0.670. The van der Waals surface area contributed by atoms with Gasteiger partial charge in [-0.05, 0) is 31.0 Å². The lowest BCUT2D eigenvalue weighted by Gasteiger charge is -2.10. The lowest BCUT2D eigenvalue weighted by molar-refractivity contribution is 0.147. The molecule has 0 saturated carbocycles. The Bertz CT molecular complexity index is 313. The van der Waals surface area contributed by atoms with Gasteiger partial charge in [0.15, 0.2) is 0 Å². The fourth-order valence-corrected chi connectivity index (χ4v) is 1.48. The molecule has 0 heterocycles. The topological polar surface area (TPSA) is 20.2 Å². The van der Waals surface area contributed by atoms with Gasteiger partial charge in [-0.2, -0.15) is 0 Å². The summed E-state index contributed by atoms with van der Waals surface area (Å²) >= 11 is 5.68. The largest absolute Gasteiger partial charge is 0.393 e. The molecule has 0 aliphatic rings. The van der Waals surface area contributed by atoms with Crippen molar-refractivity contribution < 1.29 is 13.9 Å². The van der Waals surface area contributed by atoms with Gasteiger partial charge in [0.25, 0.3) is 6.43 Å². The van der Waals surface area contributed by atoms with Gasteiger partial charge in [0, 0.05) is 10.6 Å². The van der Waals surface area contributed by atoms with Crippen LogP contribution in [0.1, 0.15) is 24.5 Å². The lowest BCUT2D eigenvalue weighted by Crippen LogP contribution is -2.07. The maximum atomic E-state index is 12.5. The Morgan fingerprint density at radius 3 is 2.57 bits per heavy atom. The Morgan fingerprint density at radius 1 is 1.43 bits per heavy atom. The number of alkyl halides is 2. The summed E-state index contributed by atoms with van der Waals surface area (Å²) in [5, 5.41) is 9.52. The maximum absolute atomic E-state index is 12.5. The van der Waals surface area contributed by atoms with E-state index in [1.54, 1.807) is 6.92 Å². The average molecular weight is 221 g/mol. The third-order valence-corrected chi connectivity index (χ3v) is 2.09. The monoisotopic (exact) mass is 220 g/mol. The fourth-order valence-electron chi connectivity index (χ4n) is 1.28. The summed E-state index contributed by atoms with van der Waals surface area (Å²) < 4.78 is 25.0. The van der Waals surface area contributed by atoms with E-state index in [1.165, 1.54) is 18.2 Å². The molecule has 1 rings (SSSR count). The molecular formula is C10H11ClF2O. The van der Waals surface area contributed by atoms with Crippen LogP contribution < -0.4 is 0 Å². The molecule has 14 heavy (non-hydrogen) atoms. The van der Waals surface area contributed by atoms with Crippen LogP contribution in [0.25, 0.3) is 0 Å². The van der Waals surface area contributed by atoms with Crippen molar-refractivity contribution in [1.29, 1.82) is 0 Å². The predicted molar refractivity (Wildman–Crippen MR) is 51.8 cm³/mol. The highest BCUT2D eigenvalue weighted by atomic mass is 35.5. The van der Waals surface area contributed by atoms with E-state index in [-0.39, 0.29) is 12.0 Å². The number of hydrogen-bond acceptors (Lipinski definition) is 1. The van der Waals surface area contributed by atoms with Gasteiger partial charge in [0.1, 0.15) is 0 Å². The zero-order valence-corrected chi connectivity index (χ0v) is 8.43. The van der Waals surface area contributed by atoms with E-state index in [0.29, 0.717) is 10.6 Å². The number of aliphatic hydroxyl groups excluding tert-OH is 1. The van der Waals surface area contributed by atoms with Gasteiger partial charge in [-0.3, -0.25) is 0 Å². The molecule has 0 aliphatic heterocycles. The van der Waals surface area contributed by atoms with Gasteiger partial charge in [0.05, 0.1) is 6.10 Å². The van der Waals surface area contributed by atoms with Gasteiger partial charge in [-0.1, -0.05) is 17.7 Å². The summed E-state index contributed by atoms with van der Waals surface area (Å²) in [5.74, 6) is 0. The molecule has 0 bridgehead atoms. The van der Waals surface area contributed by atoms with Crippen LogP contribution in [-0.4, -0.2) is 11.2 Å². The van der Waals surface area contributed by atoms with Crippen LogP contribution in [0.2, 0.25) is 5.02 Å². The Balaban J connectivity index is 3.03. The lowest BCUT2D eigenvalue weighted by atomic mass is 10.0. The summed E-state index contributed by atoms with van der Waals surface area (Å²) in [7, 11) is 0. The zero-order valence-electron chi connectivity index (χ0n) is 7.67. The minimum absolute atomic E-state index is 0.0599. The standard InChI is InChI=1S/C10H11ClF2O/c1-6(14)4-7-5-8(11)2-3-9(7)10(12)13/h2-3,5-6,10,14H,4H2,1H3. The van der Waals surface area contributed by atoms with Crippen molar-refractivity contribution in [2.45, 2.75) is 25.9 Å². The van der Waals surface area contributed by atoms with Gasteiger partial charge in [-0.15, -0.1) is 0 Å². The van der Waals surface area contributed by atoms with E-state index in [0.717, 1.165) is 0 Å². The minimum atomic E-state index is -2.53.